The molecule has 0 radical (unpaired) electrons. The van der Waals surface area contributed by atoms with Crippen LogP contribution in [0.1, 0.15) is 17.5 Å². The van der Waals surface area contributed by atoms with Gasteiger partial charge in [0.25, 0.3) is 0 Å². The molecule has 3 rings (SSSR count). The number of nitrogens with one attached hydrogen (secondary N) is 2. The molecule has 2 N–H and O–H groups in total. The Morgan fingerprint density at radius 3 is 2.76 bits per heavy atom. The van der Waals surface area contributed by atoms with Crippen molar-refractivity contribution in [3.05, 3.63) is 70.5 Å². The lowest BCUT2D eigenvalue weighted by molar-refractivity contribution is -0.121. The number of hydrogen-bond donors (Lipinski definition) is 2. The van der Waals surface area contributed by atoms with Crippen molar-refractivity contribution in [2.75, 3.05) is 0 Å². The number of aryl methyl sites for hydroxylation is 1. The van der Waals surface area contributed by atoms with Crippen LogP contribution in [0, 0.1) is 11.7 Å². The molecule has 0 unspecified atom stereocenters. The summed E-state index contributed by atoms with van der Waals surface area (Å²) in [4.78, 5) is 12.1. The lowest BCUT2D eigenvalue weighted by atomic mass is 10.1. The second-order valence-corrected chi connectivity index (χ2v) is 6.27. The van der Waals surface area contributed by atoms with Gasteiger partial charge in [0.15, 0.2) is 10.6 Å². The zero-order valence-corrected chi connectivity index (χ0v) is 14.8. The van der Waals surface area contributed by atoms with Crippen LogP contribution in [0.15, 0.2) is 54.6 Å². The molecule has 25 heavy (non-hydrogen) atoms. The Balaban J connectivity index is 1.64. The molecule has 1 aromatic heterocycles. The van der Waals surface area contributed by atoms with Crippen LogP contribution in [-0.2, 0) is 17.9 Å². The van der Waals surface area contributed by atoms with E-state index >= 15 is 0 Å². The fourth-order valence-electron chi connectivity index (χ4n) is 2.63. The molecule has 0 bridgehead atoms. The quantitative estimate of drug-likeness (QED) is 0.666. The van der Waals surface area contributed by atoms with Gasteiger partial charge in [0.2, 0.25) is 5.91 Å². The summed E-state index contributed by atoms with van der Waals surface area (Å²) >= 11 is 5.31. The average molecular weight is 352 g/mol. The van der Waals surface area contributed by atoms with Gasteiger partial charge in [-0.25, -0.2) is 0 Å². The summed E-state index contributed by atoms with van der Waals surface area (Å²) in [5.41, 5.74) is 3.21. The summed E-state index contributed by atoms with van der Waals surface area (Å²) in [6.45, 7) is 3.05. The van der Waals surface area contributed by atoms with Gasteiger partial charge in [-0.15, -0.1) is 0 Å². The average Bonchev–Trinajstić information content (AvgIpc) is 3.00. The largest absolute Gasteiger partial charge is 0.352 e. The molecule has 5 nitrogen and oxygen atoms in total. The molecule has 3 aromatic rings. The lowest BCUT2D eigenvalue weighted by Crippen LogP contribution is -2.24. The first-order valence-corrected chi connectivity index (χ1v) is 8.57. The van der Waals surface area contributed by atoms with Crippen molar-refractivity contribution in [3.63, 3.8) is 0 Å². The highest BCUT2D eigenvalue weighted by molar-refractivity contribution is 7.71. The van der Waals surface area contributed by atoms with Crippen molar-refractivity contribution < 1.29 is 4.79 Å². The summed E-state index contributed by atoms with van der Waals surface area (Å²) in [7, 11) is 0. The summed E-state index contributed by atoms with van der Waals surface area (Å²) in [5, 5.41) is 10.1. The molecular weight excluding hydrogens is 332 g/mol. The molecule has 128 valence electrons. The van der Waals surface area contributed by atoms with E-state index in [0.717, 1.165) is 22.5 Å². The van der Waals surface area contributed by atoms with Crippen molar-refractivity contribution in [3.8, 4) is 11.4 Å². The lowest BCUT2D eigenvalue weighted by Gasteiger charge is -2.08. The molecule has 1 amide bonds. The van der Waals surface area contributed by atoms with Gasteiger partial charge in [0.1, 0.15) is 0 Å². The third-order valence-electron chi connectivity index (χ3n) is 3.93. The van der Waals surface area contributed by atoms with Crippen molar-refractivity contribution in [1.29, 1.82) is 0 Å². The summed E-state index contributed by atoms with van der Waals surface area (Å²) in [6, 6.07) is 17.9. The highest BCUT2D eigenvalue weighted by Crippen LogP contribution is 2.18. The molecule has 6 heteroatoms. The fraction of sp³-hybridized carbons (Fsp3) is 0.211. The van der Waals surface area contributed by atoms with E-state index in [0.29, 0.717) is 24.3 Å². The van der Waals surface area contributed by atoms with Crippen LogP contribution in [0.4, 0.5) is 0 Å². The molecule has 0 aliphatic heterocycles. The van der Waals surface area contributed by atoms with Gasteiger partial charge < -0.3 is 5.32 Å². The first-order valence-electron chi connectivity index (χ1n) is 8.16. The van der Waals surface area contributed by atoms with Crippen molar-refractivity contribution in [2.45, 2.75) is 26.4 Å². The van der Waals surface area contributed by atoms with Crippen LogP contribution >= 0.6 is 12.2 Å². The molecule has 0 aliphatic rings. The number of carbonyl (C=O) groups excluding carboxylic acids is 1. The molecule has 1 heterocycles. The molecule has 2 aromatic carbocycles. The number of benzene rings is 2. The minimum atomic E-state index is -0.0119. The highest BCUT2D eigenvalue weighted by Gasteiger charge is 2.10. The molecule has 0 fully saturated rings. The number of carbonyl (C=O) groups is 1. The van der Waals surface area contributed by atoms with Crippen LogP contribution < -0.4 is 5.32 Å². The maximum absolute atomic E-state index is 12.1. The molecule has 0 saturated carbocycles. The van der Waals surface area contributed by atoms with Gasteiger partial charge in [0, 0.05) is 25.1 Å². The SMILES string of the molecule is Cc1cccc(-c2n[nH]c(=S)n2CCC(=O)NCc2ccccc2)c1. The number of aromatic amines is 1. The minimum Gasteiger partial charge on any atom is -0.352 e. The van der Waals surface area contributed by atoms with Gasteiger partial charge in [-0.05, 0) is 30.8 Å². The van der Waals surface area contributed by atoms with Gasteiger partial charge in [-0.2, -0.15) is 5.10 Å². The van der Waals surface area contributed by atoms with Crippen molar-refractivity contribution in [2.24, 2.45) is 0 Å². The van der Waals surface area contributed by atoms with E-state index in [1.54, 1.807) is 0 Å². The van der Waals surface area contributed by atoms with E-state index < -0.39 is 0 Å². The van der Waals surface area contributed by atoms with Gasteiger partial charge in [-0.1, -0.05) is 54.1 Å². The first-order chi connectivity index (χ1) is 12.1. The Morgan fingerprint density at radius 1 is 1.20 bits per heavy atom. The molecule has 0 aliphatic carbocycles. The Hall–Kier alpha value is -2.73. The number of aromatic nitrogens is 3. The number of H-pyrrole nitrogens is 1. The topological polar surface area (TPSA) is 62.7 Å². The third kappa shape index (κ3) is 4.42. The van der Waals surface area contributed by atoms with E-state index in [1.807, 2.05) is 60.0 Å². The third-order valence-corrected chi connectivity index (χ3v) is 4.24. The van der Waals surface area contributed by atoms with E-state index in [4.69, 9.17) is 12.2 Å². The van der Waals surface area contributed by atoms with E-state index in [1.165, 1.54) is 0 Å². The van der Waals surface area contributed by atoms with Gasteiger partial charge in [0.05, 0.1) is 0 Å². The fourth-order valence-corrected chi connectivity index (χ4v) is 2.85. The normalized spacial score (nSPS) is 10.6. The predicted octanol–water partition coefficient (Wildman–Crippen LogP) is 3.62. The van der Waals surface area contributed by atoms with Crippen molar-refractivity contribution >= 4 is 18.1 Å². The van der Waals surface area contributed by atoms with Crippen LogP contribution in [0.5, 0.6) is 0 Å². The predicted molar refractivity (Wildman–Crippen MR) is 100 cm³/mol. The zero-order chi connectivity index (χ0) is 17.6. The second-order valence-electron chi connectivity index (χ2n) is 5.89. The maximum atomic E-state index is 12.1. The Labute approximate surface area is 151 Å². The minimum absolute atomic E-state index is 0.0119. The first kappa shape index (κ1) is 17.1. The molecule has 0 atom stereocenters. The Morgan fingerprint density at radius 2 is 2.00 bits per heavy atom. The summed E-state index contributed by atoms with van der Waals surface area (Å²) in [6.07, 6.45) is 0.347. The van der Waals surface area contributed by atoms with E-state index in [2.05, 4.69) is 21.6 Å². The molecule has 0 saturated heterocycles. The van der Waals surface area contributed by atoms with E-state index in [9.17, 15) is 4.79 Å². The second kappa shape index (κ2) is 7.90. The van der Waals surface area contributed by atoms with Crippen molar-refractivity contribution in [1.82, 2.24) is 20.1 Å². The number of rotatable bonds is 6. The smallest absolute Gasteiger partial charge is 0.222 e. The van der Waals surface area contributed by atoms with Crippen LogP contribution in [0.3, 0.4) is 0 Å². The standard InChI is InChI=1S/C19H20N4OS/c1-14-6-5-9-16(12-14)18-21-22-19(25)23(18)11-10-17(24)20-13-15-7-3-2-4-8-15/h2-9,12H,10-11,13H2,1H3,(H,20,24)(H,22,25). The monoisotopic (exact) mass is 352 g/mol. The number of amides is 1. The zero-order valence-electron chi connectivity index (χ0n) is 14.0. The molecule has 0 spiro atoms. The van der Waals surface area contributed by atoms with E-state index in [-0.39, 0.29) is 5.91 Å². The number of nitrogens with zero attached hydrogens (tertiary/aromatic N) is 2. The Bertz CT molecular complexity index is 914. The number of hydrogen-bond acceptors (Lipinski definition) is 3. The highest BCUT2D eigenvalue weighted by atomic mass is 32.1. The van der Waals surface area contributed by atoms with Crippen LogP contribution in [0.25, 0.3) is 11.4 Å². The van der Waals surface area contributed by atoms with Gasteiger partial charge in [-0.3, -0.25) is 14.5 Å². The van der Waals surface area contributed by atoms with Crippen LogP contribution in [-0.4, -0.2) is 20.7 Å². The summed E-state index contributed by atoms with van der Waals surface area (Å²) < 4.78 is 2.39. The maximum Gasteiger partial charge on any atom is 0.222 e. The summed E-state index contributed by atoms with van der Waals surface area (Å²) in [5.74, 6) is 0.742. The van der Waals surface area contributed by atoms with Crippen LogP contribution in [0.2, 0.25) is 0 Å². The van der Waals surface area contributed by atoms with Gasteiger partial charge >= 0.3 is 0 Å². The Kier molecular flexibility index (Phi) is 5.40. The molecular formula is C19H20N4OS.